The molecule has 1 heterocycles. The lowest BCUT2D eigenvalue weighted by atomic mass is 10.2. The fourth-order valence-corrected chi connectivity index (χ4v) is 2.19. The minimum atomic E-state index is 0.808. The maximum absolute atomic E-state index is 4.48. The zero-order valence-electron chi connectivity index (χ0n) is 12.2. The molecular formula is C14H19N5S. The van der Waals surface area contributed by atoms with Crippen molar-refractivity contribution in [3.63, 3.8) is 0 Å². The highest BCUT2D eigenvalue weighted by molar-refractivity contribution is 7.98. The summed E-state index contributed by atoms with van der Waals surface area (Å²) in [6, 6.07) is 8.24. The number of aryl methyl sites for hydroxylation is 1. The number of hydrogen-bond donors (Lipinski definition) is 0. The van der Waals surface area contributed by atoms with Crippen LogP contribution in [0.1, 0.15) is 18.3 Å². The highest BCUT2D eigenvalue weighted by Crippen LogP contribution is 2.14. The Morgan fingerprint density at radius 3 is 2.50 bits per heavy atom. The fraction of sp³-hybridized carbons (Fsp3) is 0.357. The Balaban J connectivity index is 2.22. The van der Waals surface area contributed by atoms with Gasteiger partial charge in [0.15, 0.2) is 5.82 Å². The van der Waals surface area contributed by atoms with Gasteiger partial charge in [-0.25, -0.2) is 0 Å². The quantitative estimate of drug-likeness (QED) is 0.627. The minimum absolute atomic E-state index is 0.808. The molecule has 0 N–H and O–H groups in total. The van der Waals surface area contributed by atoms with E-state index in [0.717, 1.165) is 23.0 Å². The van der Waals surface area contributed by atoms with E-state index >= 15 is 0 Å². The summed E-state index contributed by atoms with van der Waals surface area (Å²) in [5, 5.41) is 13.5. The molecule has 0 amide bonds. The number of aromatic nitrogens is 3. The van der Waals surface area contributed by atoms with Crippen molar-refractivity contribution in [2.45, 2.75) is 18.5 Å². The van der Waals surface area contributed by atoms with Crippen LogP contribution in [0.4, 0.5) is 5.69 Å². The van der Waals surface area contributed by atoms with E-state index in [1.807, 2.05) is 45.6 Å². The highest BCUT2D eigenvalue weighted by atomic mass is 32.2. The first-order valence-electron chi connectivity index (χ1n) is 6.45. The predicted molar refractivity (Wildman–Crippen MR) is 84.9 cm³/mol. The third-order valence-corrected chi connectivity index (χ3v) is 3.53. The molecular weight excluding hydrogens is 270 g/mol. The summed E-state index contributed by atoms with van der Waals surface area (Å²) in [4.78, 5) is 2.07. The lowest BCUT2D eigenvalue weighted by Crippen LogP contribution is -2.08. The largest absolute Gasteiger partial charge is 0.378 e. The van der Waals surface area contributed by atoms with Gasteiger partial charge in [0.05, 0.1) is 6.21 Å². The van der Waals surface area contributed by atoms with Crippen LogP contribution in [-0.2, 0) is 6.42 Å². The monoisotopic (exact) mass is 289 g/mol. The second kappa shape index (κ2) is 6.56. The van der Waals surface area contributed by atoms with E-state index in [0.29, 0.717) is 0 Å². The van der Waals surface area contributed by atoms with Crippen LogP contribution in [0.25, 0.3) is 0 Å². The van der Waals surface area contributed by atoms with Crippen molar-refractivity contribution in [3.05, 3.63) is 35.7 Å². The third-order valence-electron chi connectivity index (χ3n) is 2.91. The molecule has 2 rings (SSSR count). The summed E-state index contributed by atoms with van der Waals surface area (Å²) in [6.07, 6.45) is 4.62. The van der Waals surface area contributed by atoms with Gasteiger partial charge in [0.25, 0.3) is 0 Å². The predicted octanol–water partition coefficient (Wildman–Crippen LogP) is 2.51. The van der Waals surface area contributed by atoms with E-state index in [-0.39, 0.29) is 0 Å². The number of nitrogens with zero attached hydrogens (tertiary/aromatic N) is 5. The molecule has 0 radical (unpaired) electrons. The van der Waals surface area contributed by atoms with Crippen molar-refractivity contribution in [1.29, 1.82) is 0 Å². The van der Waals surface area contributed by atoms with Gasteiger partial charge in [-0.3, -0.25) is 0 Å². The summed E-state index contributed by atoms with van der Waals surface area (Å²) in [5.41, 5.74) is 2.23. The first-order valence-corrected chi connectivity index (χ1v) is 7.68. The Morgan fingerprint density at radius 2 is 1.95 bits per heavy atom. The average molecular weight is 289 g/mol. The van der Waals surface area contributed by atoms with Crippen molar-refractivity contribution >= 4 is 23.7 Å². The van der Waals surface area contributed by atoms with Gasteiger partial charge < -0.3 is 4.90 Å². The van der Waals surface area contributed by atoms with Gasteiger partial charge in [0.1, 0.15) is 0 Å². The normalized spacial score (nSPS) is 11.2. The van der Waals surface area contributed by atoms with Crippen LogP contribution < -0.4 is 4.90 Å². The van der Waals surface area contributed by atoms with Gasteiger partial charge in [-0.15, -0.1) is 10.2 Å². The Morgan fingerprint density at radius 1 is 1.25 bits per heavy atom. The topological polar surface area (TPSA) is 46.3 Å². The van der Waals surface area contributed by atoms with Crippen molar-refractivity contribution in [2.75, 3.05) is 25.3 Å². The molecule has 0 fully saturated rings. The smallest absolute Gasteiger partial charge is 0.211 e. The van der Waals surface area contributed by atoms with Crippen LogP contribution in [0.3, 0.4) is 0 Å². The first-order chi connectivity index (χ1) is 9.65. The lowest BCUT2D eigenvalue weighted by molar-refractivity contribution is 0.723. The molecule has 0 bridgehead atoms. The number of anilines is 1. The van der Waals surface area contributed by atoms with E-state index < -0.39 is 0 Å². The van der Waals surface area contributed by atoms with E-state index in [4.69, 9.17) is 0 Å². The molecule has 5 nitrogen and oxygen atoms in total. The Labute approximate surface area is 123 Å². The molecule has 0 aliphatic rings. The van der Waals surface area contributed by atoms with Gasteiger partial charge in [-0.1, -0.05) is 30.8 Å². The molecule has 0 aliphatic carbocycles. The van der Waals surface area contributed by atoms with Gasteiger partial charge >= 0.3 is 0 Å². The first kappa shape index (κ1) is 14.6. The molecule has 0 unspecified atom stereocenters. The summed E-state index contributed by atoms with van der Waals surface area (Å²) >= 11 is 1.54. The maximum atomic E-state index is 4.48. The number of hydrogen-bond acceptors (Lipinski definition) is 5. The van der Waals surface area contributed by atoms with Gasteiger partial charge in [0.2, 0.25) is 5.16 Å². The van der Waals surface area contributed by atoms with E-state index in [1.165, 1.54) is 5.69 Å². The van der Waals surface area contributed by atoms with Crippen LogP contribution in [-0.4, -0.2) is 41.4 Å². The zero-order chi connectivity index (χ0) is 14.5. The number of thioether (sulfide) groups is 1. The number of rotatable bonds is 5. The summed E-state index contributed by atoms with van der Waals surface area (Å²) < 4.78 is 1.80. The fourth-order valence-electron chi connectivity index (χ4n) is 1.74. The summed E-state index contributed by atoms with van der Waals surface area (Å²) in [6.45, 7) is 2.05. The average Bonchev–Trinajstić information content (AvgIpc) is 2.87. The summed E-state index contributed by atoms with van der Waals surface area (Å²) in [7, 11) is 4.05. The SMILES string of the molecule is CCc1nnc(SC)n1/N=C\c1ccc(N(C)C)cc1. The van der Waals surface area contributed by atoms with Crippen LogP contribution in [0.5, 0.6) is 0 Å². The second-order valence-corrected chi connectivity index (χ2v) is 5.27. The number of benzene rings is 1. The Hall–Kier alpha value is -1.82. The van der Waals surface area contributed by atoms with Crippen LogP contribution in [0.2, 0.25) is 0 Å². The van der Waals surface area contributed by atoms with Gasteiger partial charge in [0, 0.05) is 26.2 Å². The third kappa shape index (κ3) is 3.19. The summed E-state index contributed by atoms with van der Waals surface area (Å²) in [5.74, 6) is 0.871. The molecule has 0 atom stereocenters. The van der Waals surface area contributed by atoms with Crippen LogP contribution in [0.15, 0.2) is 34.5 Å². The van der Waals surface area contributed by atoms with E-state index in [1.54, 1.807) is 16.4 Å². The molecule has 6 heteroatoms. The van der Waals surface area contributed by atoms with Crippen molar-refractivity contribution in [3.8, 4) is 0 Å². The molecule has 0 spiro atoms. The van der Waals surface area contributed by atoms with E-state index in [2.05, 4.69) is 32.3 Å². The molecule has 1 aromatic carbocycles. The second-order valence-electron chi connectivity index (χ2n) is 4.50. The molecule has 2 aromatic rings. The maximum Gasteiger partial charge on any atom is 0.211 e. The van der Waals surface area contributed by atoms with Crippen molar-refractivity contribution in [1.82, 2.24) is 14.9 Å². The molecule has 0 saturated carbocycles. The molecule has 0 saturated heterocycles. The Kier molecular flexibility index (Phi) is 4.79. The van der Waals surface area contributed by atoms with E-state index in [9.17, 15) is 0 Å². The molecule has 1 aromatic heterocycles. The lowest BCUT2D eigenvalue weighted by Gasteiger charge is -2.11. The highest BCUT2D eigenvalue weighted by Gasteiger charge is 2.07. The Bertz CT molecular complexity index is 565. The molecule has 106 valence electrons. The van der Waals surface area contributed by atoms with Crippen molar-refractivity contribution < 1.29 is 0 Å². The molecule has 0 aliphatic heterocycles. The zero-order valence-corrected chi connectivity index (χ0v) is 13.1. The van der Waals surface area contributed by atoms with Crippen molar-refractivity contribution in [2.24, 2.45) is 5.10 Å². The molecule has 20 heavy (non-hydrogen) atoms. The van der Waals surface area contributed by atoms with Crippen LogP contribution in [0, 0.1) is 0 Å². The van der Waals surface area contributed by atoms with Crippen LogP contribution >= 0.6 is 11.8 Å². The van der Waals surface area contributed by atoms with Gasteiger partial charge in [-0.05, 0) is 24.0 Å². The van der Waals surface area contributed by atoms with Gasteiger partial charge in [-0.2, -0.15) is 9.78 Å². The minimum Gasteiger partial charge on any atom is -0.378 e. The standard InChI is InChI=1S/C14H19N5S/c1-5-13-16-17-14(20-4)19(13)15-10-11-6-8-12(9-7-11)18(2)3/h6-10H,5H2,1-4H3/b15-10-.